The predicted molar refractivity (Wildman–Crippen MR) is 95.0 cm³/mol. The first-order chi connectivity index (χ1) is 11.1. The fraction of sp³-hybridized carbons (Fsp3) is 0.611. The van der Waals surface area contributed by atoms with Crippen LogP contribution in [0.3, 0.4) is 0 Å². The fourth-order valence-corrected chi connectivity index (χ4v) is 2.88. The molecule has 1 aromatic rings. The van der Waals surface area contributed by atoms with E-state index in [-0.39, 0.29) is 18.7 Å². The second-order valence-corrected chi connectivity index (χ2v) is 6.58. The number of aliphatic hydroxyl groups excluding tert-OH is 1. The molecule has 0 aliphatic carbocycles. The Balaban J connectivity index is 1.81. The fourth-order valence-electron chi connectivity index (χ4n) is 2.88. The monoisotopic (exact) mass is 319 g/mol. The Kier molecular flexibility index (Phi) is 6.71. The lowest BCUT2D eigenvalue weighted by Crippen LogP contribution is -2.36. The van der Waals surface area contributed by atoms with E-state index >= 15 is 0 Å². The number of nitrogens with one attached hydrogen (secondary N) is 2. The smallest absolute Gasteiger partial charge is 0.319 e. The van der Waals surface area contributed by atoms with E-state index in [0.717, 1.165) is 31.1 Å². The van der Waals surface area contributed by atoms with Crippen molar-refractivity contribution in [2.75, 3.05) is 29.9 Å². The third kappa shape index (κ3) is 5.75. The zero-order valence-corrected chi connectivity index (χ0v) is 14.2. The van der Waals surface area contributed by atoms with Gasteiger partial charge in [-0.05, 0) is 62.8 Å². The van der Waals surface area contributed by atoms with E-state index in [2.05, 4.69) is 34.6 Å². The molecule has 0 saturated carbocycles. The van der Waals surface area contributed by atoms with E-state index in [4.69, 9.17) is 5.11 Å². The third-order valence-electron chi connectivity index (χ3n) is 4.45. The normalized spacial score (nSPS) is 16.9. The minimum atomic E-state index is -0.199. The van der Waals surface area contributed by atoms with Gasteiger partial charge in [-0.2, -0.15) is 0 Å². The van der Waals surface area contributed by atoms with Gasteiger partial charge in [0.2, 0.25) is 0 Å². The van der Waals surface area contributed by atoms with Crippen LogP contribution >= 0.6 is 0 Å². The molecule has 1 unspecified atom stereocenters. The van der Waals surface area contributed by atoms with Crippen molar-refractivity contribution in [3.8, 4) is 0 Å². The lowest BCUT2D eigenvalue weighted by atomic mass is 9.99. The molecule has 1 aliphatic rings. The van der Waals surface area contributed by atoms with Crippen molar-refractivity contribution in [2.24, 2.45) is 5.92 Å². The van der Waals surface area contributed by atoms with E-state index in [0.29, 0.717) is 6.42 Å². The summed E-state index contributed by atoms with van der Waals surface area (Å²) in [7, 11) is 0. The lowest BCUT2D eigenvalue weighted by molar-refractivity contribution is 0.245. The quantitative estimate of drug-likeness (QED) is 0.754. The highest BCUT2D eigenvalue weighted by molar-refractivity contribution is 5.89. The van der Waals surface area contributed by atoms with Gasteiger partial charge in [0.15, 0.2) is 0 Å². The molecule has 1 fully saturated rings. The molecule has 1 aliphatic heterocycles. The maximum Gasteiger partial charge on any atom is 0.319 e. The van der Waals surface area contributed by atoms with Gasteiger partial charge in [-0.1, -0.05) is 6.92 Å². The molecule has 1 heterocycles. The summed E-state index contributed by atoms with van der Waals surface area (Å²) in [5.74, 6) is 0.823. The molecule has 1 saturated heterocycles. The Labute approximate surface area is 139 Å². The van der Waals surface area contributed by atoms with Crippen LogP contribution in [-0.2, 0) is 0 Å². The predicted octanol–water partition coefficient (Wildman–Crippen LogP) is 3.21. The Bertz CT molecular complexity index is 482. The van der Waals surface area contributed by atoms with Crippen molar-refractivity contribution in [3.05, 3.63) is 24.3 Å². The van der Waals surface area contributed by atoms with Gasteiger partial charge < -0.3 is 20.6 Å². The molecule has 3 N–H and O–H groups in total. The summed E-state index contributed by atoms with van der Waals surface area (Å²) in [5, 5.41) is 14.5. The first kappa shape index (κ1) is 17.6. The highest BCUT2D eigenvalue weighted by Crippen LogP contribution is 2.24. The number of amides is 2. The van der Waals surface area contributed by atoms with Crippen LogP contribution in [0.2, 0.25) is 0 Å². The molecular weight excluding hydrogens is 290 g/mol. The first-order valence-corrected chi connectivity index (χ1v) is 8.62. The van der Waals surface area contributed by atoms with Crippen molar-refractivity contribution in [2.45, 2.75) is 45.6 Å². The molecule has 2 amide bonds. The van der Waals surface area contributed by atoms with Gasteiger partial charge in [0.25, 0.3) is 0 Å². The van der Waals surface area contributed by atoms with Gasteiger partial charge in [0, 0.05) is 37.1 Å². The Hall–Kier alpha value is -1.75. The summed E-state index contributed by atoms with van der Waals surface area (Å²) in [6, 6.07) is 7.89. The van der Waals surface area contributed by atoms with E-state index < -0.39 is 0 Å². The van der Waals surface area contributed by atoms with Crippen LogP contribution in [0.25, 0.3) is 0 Å². The van der Waals surface area contributed by atoms with Crippen LogP contribution in [0, 0.1) is 5.92 Å². The number of rotatable bonds is 6. The van der Waals surface area contributed by atoms with E-state index in [1.165, 1.54) is 18.5 Å². The number of carbonyl (C=O) groups excluding carboxylic acids is 1. The van der Waals surface area contributed by atoms with Crippen LogP contribution in [0.1, 0.15) is 39.5 Å². The number of hydrogen-bond acceptors (Lipinski definition) is 3. The van der Waals surface area contributed by atoms with Crippen molar-refractivity contribution in [1.82, 2.24) is 5.32 Å². The Morgan fingerprint density at radius 1 is 1.30 bits per heavy atom. The highest BCUT2D eigenvalue weighted by Gasteiger charge is 2.16. The molecule has 2 rings (SSSR count). The molecule has 23 heavy (non-hydrogen) atoms. The number of nitrogens with zero attached hydrogens (tertiary/aromatic N) is 1. The molecule has 5 heteroatoms. The first-order valence-electron chi connectivity index (χ1n) is 8.62. The van der Waals surface area contributed by atoms with Crippen molar-refractivity contribution < 1.29 is 9.90 Å². The van der Waals surface area contributed by atoms with Crippen molar-refractivity contribution in [1.29, 1.82) is 0 Å². The van der Waals surface area contributed by atoms with Crippen LogP contribution in [0.4, 0.5) is 16.2 Å². The summed E-state index contributed by atoms with van der Waals surface area (Å²) < 4.78 is 0. The van der Waals surface area contributed by atoms with Gasteiger partial charge in [0.05, 0.1) is 0 Å². The maximum absolute atomic E-state index is 11.9. The summed E-state index contributed by atoms with van der Waals surface area (Å²) >= 11 is 0. The van der Waals surface area contributed by atoms with Crippen molar-refractivity contribution in [3.63, 3.8) is 0 Å². The average Bonchev–Trinajstić information content (AvgIpc) is 2.54. The van der Waals surface area contributed by atoms with Crippen LogP contribution in [0.5, 0.6) is 0 Å². The maximum atomic E-state index is 11.9. The lowest BCUT2D eigenvalue weighted by Gasteiger charge is -2.32. The largest absolute Gasteiger partial charge is 0.396 e. The molecule has 128 valence electrons. The van der Waals surface area contributed by atoms with E-state index in [1.807, 2.05) is 19.1 Å². The second kappa shape index (κ2) is 8.77. The summed E-state index contributed by atoms with van der Waals surface area (Å²) in [4.78, 5) is 14.3. The van der Waals surface area contributed by atoms with Gasteiger partial charge in [0.1, 0.15) is 0 Å². The van der Waals surface area contributed by atoms with Crippen LogP contribution in [-0.4, -0.2) is 36.9 Å². The SMILES string of the molecule is CC1CCN(c2ccc(NC(=O)NC(C)CCCO)cc2)CC1. The molecule has 1 atom stereocenters. The number of benzene rings is 1. The third-order valence-corrected chi connectivity index (χ3v) is 4.45. The Morgan fingerprint density at radius 2 is 1.96 bits per heavy atom. The summed E-state index contributed by atoms with van der Waals surface area (Å²) in [5.41, 5.74) is 2.02. The standard InChI is InChI=1S/C18H29N3O2/c1-14-9-11-21(12-10-14)17-7-5-16(6-8-17)20-18(23)19-15(2)4-3-13-22/h5-8,14-15,22H,3-4,9-13H2,1-2H3,(H2,19,20,23). The number of piperidine rings is 1. The zero-order valence-electron chi connectivity index (χ0n) is 14.2. The summed E-state index contributed by atoms with van der Waals surface area (Å²) in [6.07, 6.45) is 3.96. The second-order valence-electron chi connectivity index (χ2n) is 6.58. The van der Waals surface area contributed by atoms with E-state index in [1.54, 1.807) is 0 Å². The number of urea groups is 1. The summed E-state index contributed by atoms with van der Waals surface area (Å²) in [6.45, 7) is 6.62. The molecule has 0 radical (unpaired) electrons. The molecule has 0 aromatic heterocycles. The van der Waals surface area contributed by atoms with Crippen LogP contribution in [0.15, 0.2) is 24.3 Å². The van der Waals surface area contributed by atoms with Gasteiger partial charge in [-0.25, -0.2) is 4.79 Å². The number of carbonyl (C=O) groups is 1. The Morgan fingerprint density at radius 3 is 2.57 bits per heavy atom. The highest BCUT2D eigenvalue weighted by atomic mass is 16.3. The molecule has 5 nitrogen and oxygen atoms in total. The van der Waals surface area contributed by atoms with Gasteiger partial charge >= 0.3 is 6.03 Å². The average molecular weight is 319 g/mol. The molecule has 0 bridgehead atoms. The molecule has 0 spiro atoms. The van der Waals surface area contributed by atoms with Crippen molar-refractivity contribution >= 4 is 17.4 Å². The van der Waals surface area contributed by atoms with Crippen LogP contribution < -0.4 is 15.5 Å². The van der Waals surface area contributed by atoms with E-state index in [9.17, 15) is 4.79 Å². The topological polar surface area (TPSA) is 64.6 Å². The minimum absolute atomic E-state index is 0.0526. The number of hydrogen-bond donors (Lipinski definition) is 3. The number of anilines is 2. The zero-order chi connectivity index (χ0) is 16.7. The van der Waals surface area contributed by atoms with Gasteiger partial charge in [-0.3, -0.25) is 0 Å². The number of aliphatic hydroxyl groups is 1. The molecule has 1 aromatic carbocycles. The minimum Gasteiger partial charge on any atom is -0.396 e. The van der Waals surface area contributed by atoms with Gasteiger partial charge in [-0.15, -0.1) is 0 Å². The molecular formula is C18H29N3O2.